The Morgan fingerprint density at radius 3 is 2.47 bits per heavy atom. The Labute approximate surface area is 179 Å². The summed E-state index contributed by atoms with van der Waals surface area (Å²) in [6.07, 6.45) is 4.08. The van der Waals surface area contributed by atoms with Crippen LogP contribution in [-0.4, -0.2) is 16.6 Å². The van der Waals surface area contributed by atoms with Crippen molar-refractivity contribution in [3.63, 3.8) is 0 Å². The predicted octanol–water partition coefficient (Wildman–Crippen LogP) is 5.55. The fourth-order valence-electron chi connectivity index (χ4n) is 6.16. The van der Waals surface area contributed by atoms with E-state index in [1.54, 1.807) is 0 Å². The van der Waals surface area contributed by atoms with E-state index in [-0.39, 0.29) is 23.4 Å². The van der Waals surface area contributed by atoms with Crippen LogP contribution < -0.4 is 4.74 Å². The van der Waals surface area contributed by atoms with Crippen molar-refractivity contribution in [3.8, 4) is 10.9 Å². The minimum Gasteiger partial charge on any atom is -0.431 e. The quantitative estimate of drug-likeness (QED) is 0.522. The predicted molar refractivity (Wildman–Crippen MR) is 116 cm³/mol. The summed E-state index contributed by atoms with van der Waals surface area (Å²) in [4.78, 5) is 31.3. The second-order valence-corrected chi connectivity index (χ2v) is 9.88. The summed E-state index contributed by atoms with van der Waals surface area (Å²) in [5.74, 6) is 1.11. The number of benzene rings is 2. The summed E-state index contributed by atoms with van der Waals surface area (Å²) < 4.78 is 7.14. The van der Waals surface area contributed by atoms with E-state index in [9.17, 15) is 9.59 Å². The van der Waals surface area contributed by atoms with Crippen molar-refractivity contribution in [2.24, 2.45) is 23.7 Å². The number of Topliss-reactive ketones (excluding diaryl/α,β-unsaturated/α-hetero) is 2. The highest BCUT2D eigenvalue weighted by atomic mass is 32.1. The van der Waals surface area contributed by atoms with Crippen molar-refractivity contribution < 1.29 is 14.3 Å². The van der Waals surface area contributed by atoms with Crippen LogP contribution in [0.1, 0.15) is 43.2 Å². The molecule has 4 unspecified atom stereocenters. The van der Waals surface area contributed by atoms with Crippen LogP contribution in [0.25, 0.3) is 10.2 Å². The Balaban J connectivity index is 1.36. The third-order valence-electron chi connectivity index (χ3n) is 7.43. The van der Waals surface area contributed by atoms with E-state index in [4.69, 9.17) is 4.74 Å². The molecule has 2 aromatic carbocycles. The Morgan fingerprint density at radius 2 is 1.77 bits per heavy atom. The van der Waals surface area contributed by atoms with Crippen LogP contribution in [0.5, 0.6) is 10.9 Å². The fourth-order valence-corrected chi connectivity index (χ4v) is 7.00. The van der Waals surface area contributed by atoms with Gasteiger partial charge in [-0.05, 0) is 72.9 Å². The van der Waals surface area contributed by atoms with Gasteiger partial charge in [0.25, 0.3) is 5.19 Å². The van der Waals surface area contributed by atoms with Crippen molar-refractivity contribution >= 4 is 33.1 Å². The number of rotatable bonds is 4. The van der Waals surface area contributed by atoms with Gasteiger partial charge in [0, 0.05) is 11.8 Å². The maximum Gasteiger partial charge on any atom is 0.279 e. The highest BCUT2D eigenvalue weighted by Gasteiger charge is 2.61. The number of hydrogen-bond donors (Lipinski definition) is 0. The molecule has 3 aliphatic carbocycles. The van der Waals surface area contributed by atoms with E-state index in [2.05, 4.69) is 11.9 Å². The van der Waals surface area contributed by atoms with Gasteiger partial charge in [0.05, 0.1) is 10.2 Å². The van der Waals surface area contributed by atoms with E-state index in [1.165, 1.54) is 11.3 Å². The van der Waals surface area contributed by atoms with E-state index >= 15 is 0 Å². The van der Waals surface area contributed by atoms with E-state index < -0.39 is 5.92 Å². The lowest BCUT2D eigenvalue weighted by Crippen LogP contribution is -2.24. The molecule has 1 heterocycles. The van der Waals surface area contributed by atoms with Crippen molar-refractivity contribution in [1.29, 1.82) is 0 Å². The normalized spacial score (nSPS) is 29.7. The number of thiazole rings is 1. The van der Waals surface area contributed by atoms with Gasteiger partial charge in [-0.25, -0.2) is 4.98 Å². The monoisotopic (exact) mass is 417 g/mol. The molecule has 0 spiro atoms. The lowest BCUT2D eigenvalue weighted by atomic mass is 9.81. The van der Waals surface area contributed by atoms with Crippen molar-refractivity contribution in [1.82, 2.24) is 4.98 Å². The Bertz CT molecular complexity index is 1120. The Hall–Kier alpha value is -2.53. The number of ether oxygens (including phenoxy) is 1. The first-order chi connectivity index (χ1) is 14.6. The molecule has 3 saturated carbocycles. The number of aryl methyl sites for hydroxylation is 1. The summed E-state index contributed by atoms with van der Waals surface area (Å²) in [6, 6.07) is 13.8. The lowest BCUT2D eigenvalue weighted by molar-refractivity contribution is -0.125. The first kappa shape index (κ1) is 18.3. The summed E-state index contributed by atoms with van der Waals surface area (Å²) in [5, 5.41) is 0.574. The average molecular weight is 418 g/mol. The van der Waals surface area contributed by atoms with Gasteiger partial charge in [-0.3, -0.25) is 9.59 Å². The van der Waals surface area contributed by atoms with Gasteiger partial charge < -0.3 is 4.74 Å². The second-order valence-electron chi connectivity index (χ2n) is 8.89. The molecule has 0 saturated heterocycles. The van der Waals surface area contributed by atoms with E-state index in [0.717, 1.165) is 47.0 Å². The topological polar surface area (TPSA) is 56.3 Å². The zero-order valence-corrected chi connectivity index (χ0v) is 17.7. The molecule has 3 aromatic rings. The number of ketones is 2. The minimum atomic E-state index is -0.614. The molecule has 2 bridgehead atoms. The molecule has 0 radical (unpaired) electrons. The van der Waals surface area contributed by atoms with Crippen molar-refractivity contribution in [3.05, 3.63) is 53.6 Å². The molecule has 4 nitrogen and oxygen atoms in total. The molecule has 5 heteroatoms. The van der Waals surface area contributed by atoms with Crippen LogP contribution in [0.15, 0.2) is 42.5 Å². The van der Waals surface area contributed by atoms with Gasteiger partial charge >= 0.3 is 0 Å². The highest BCUT2D eigenvalue weighted by Crippen LogP contribution is 2.59. The Morgan fingerprint density at radius 1 is 1.03 bits per heavy atom. The maximum atomic E-state index is 13.4. The molecule has 4 atom stereocenters. The molecule has 0 N–H and O–H groups in total. The number of fused-ring (bicyclic) bond motifs is 6. The standard InChI is InChI=1S/C25H23NO3S/c1-2-13-9-10-16(29-25-26-18-5-3-4-6-19(18)30-25)12-17(13)22-23(27)20-14-7-8-15(11-14)21(20)24(22)28/h3-6,9-10,12,14-15,20-22H,2,7-8,11H2,1H3. The van der Waals surface area contributed by atoms with Gasteiger partial charge in [0.15, 0.2) is 11.6 Å². The van der Waals surface area contributed by atoms with Crippen LogP contribution in [0.4, 0.5) is 0 Å². The molecule has 0 aliphatic heterocycles. The lowest BCUT2D eigenvalue weighted by Gasteiger charge is -2.21. The van der Waals surface area contributed by atoms with Crippen molar-refractivity contribution in [2.75, 3.05) is 0 Å². The molecule has 3 fully saturated rings. The second kappa shape index (κ2) is 6.74. The molecule has 6 rings (SSSR count). The number of aromatic nitrogens is 1. The van der Waals surface area contributed by atoms with Crippen LogP contribution in [-0.2, 0) is 16.0 Å². The summed E-state index contributed by atoms with van der Waals surface area (Å²) in [7, 11) is 0. The largest absolute Gasteiger partial charge is 0.431 e. The first-order valence-corrected chi connectivity index (χ1v) is 11.7. The molecular formula is C25H23NO3S. The summed E-state index contributed by atoms with van der Waals surface area (Å²) in [6.45, 7) is 2.07. The summed E-state index contributed by atoms with van der Waals surface area (Å²) >= 11 is 1.50. The number of hydrogen-bond acceptors (Lipinski definition) is 5. The zero-order chi connectivity index (χ0) is 20.4. The molecule has 0 amide bonds. The third-order valence-corrected chi connectivity index (χ3v) is 8.35. The smallest absolute Gasteiger partial charge is 0.279 e. The number of carbonyl (C=O) groups is 2. The third kappa shape index (κ3) is 2.61. The van der Waals surface area contributed by atoms with Crippen LogP contribution in [0.3, 0.4) is 0 Å². The number of nitrogens with zero attached hydrogens (tertiary/aromatic N) is 1. The van der Waals surface area contributed by atoms with Crippen LogP contribution >= 0.6 is 11.3 Å². The van der Waals surface area contributed by atoms with Crippen molar-refractivity contribution in [2.45, 2.75) is 38.5 Å². The number of carbonyl (C=O) groups excluding carboxylic acids is 2. The van der Waals surface area contributed by atoms with Crippen LogP contribution in [0.2, 0.25) is 0 Å². The van der Waals surface area contributed by atoms with E-state index in [1.807, 2.05) is 42.5 Å². The number of para-hydroxylation sites is 1. The fraction of sp³-hybridized carbons (Fsp3) is 0.400. The SMILES string of the molecule is CCc1ccc(Oc2nc3ccccc3s2)cc1C1C(=O)C2C3CCC(C3)C2C1=O. The molecule has 152 valence electrons. The van der Waals surface area contributed by atoms with Gasteiger partial charge in [0.1, 0.15) is 11.7 Å². The van der Waals surface area contributed by atoms with Gasteiger partial charge in [0.2, 0.25) is 0 Å². The average Bonchev–Trinajstić information content (AvgIpc) is 3.51. The zero-order valence-electron chi connectivity index (χ0n) is 16.8. The summed E-state index contributed by atoms with van der Waals surface area (Å²) in [5.41, 5.74) is 2.82. The minimum absolute atomic E-state index is 0.0419. The Kier molecular flexibility index (Phi) is 4.10. The van der Waals surface area contributed by atoms with E-state index in [0.29, 0.717) is 22.8 Å². The van der Waals surface area contributed by atoms with Gasteiger partial charge in [-0.2, -0.15) is 0 Å². The maximum absolute atomic E-state index is 13.4. The molecule has 1 aromatic heterocycles. The molecule has 3 aliphatic rings. The van der Waals surface area contributed by atoms with Gasteiger partial charge in [-0.1, -0.05) is 36.5 Å². The molecular weight excluding hydrogens is 394 g/mol. The first-order valence-electron chi connectivity index (χ1n) is 10.9. The van der Waals surface area contributed by atoms with Gasteiger partial charge in [-0.15, -0.1) is 0 Å². The highest BCUT2D eigenvalue weighted by molar-refractivity contribution is 7.20. The molecule has 30 heavy (non-hydrogen) atoms. The van der Waals surface area contributed by atoms with Crippen LogP contribution in [0, 0.1) is 23.7 Å².